The van der Waals surface area contributed by atoms with Gasteiger partial charge in [0.05, 0.1) is 0 Å². The molecule has 0 saturated heterocycles. The molecule has 0 aromatic carbocycles. The van der Waals surface area contributed by atoms with Gasteiger partial charge < -0.3 is 9.47 Å². The molecule has 3 heteroatoms. The van der Waals surface area contributed by atoms with Crippen LogP contribution in [0, 0.1) is 22.7 Å². The van der Waals surface area contributed by atoms with E-state index in [1.165, 1.54) is 24.8 Å². The predicted molar refractivity (Wildman–Crippen MR) is 140 cm³/mol. The Morgan fingerprint density at radius 1 is 1.03 bits per heavy atom. The molecule has 2 aliphatic carbocycles. The van der Waals surface area contributed by atoms with Crippen molar-refractivity contribution in [3.8, 4) is 0 Å². The zero-order valence-electron chi connectivity index (χ0n) is 23.1. The second kappa shape index (κ2) is 12.7. The Hall–Kier alpha value is -1.73. The summed E-state index contributed by atoms with van der Waals surface area (Å²) in [6.45, 7) is 21.7. The summed E-state index contributed by atoms with van der Waals surface area (Å²) in [7, 11) is 0. The summed E-state index contributed by atoms with van der Waals surface area (Å²) in [6, 6.07) is 0. The Kier molecular flexibility index (Phi) is 11.2. The van der Waals surface area contributed by atoms with Gasteiger partial charge in [0, 0.05) is 6.08 Å². The van der Waals surface area contributed by atoms with Crippen LogP contribution in [0.4, 0.5) is 0 Å². The molecule has 0 aromatic heterocycles. The Balaban J connectivity index is 0.00000265. The van der Waals surface area contributed by atoms with Gasteiger partial charge in [0.2, 0.25) is 0 Å². The van der Waals surface area contributed by atoms with Gasteiger partial charge in [0.25, 0.3) is 0 Å². The standard InChI is InChI=1S/C28H44O3.C2H6/c1-26(2,3)19-24(27(4,5)6)21-14-12-13-17-23(18-21)30-20-25(29)31-28(7,8)22-15-10-9-11-16-22;1-2/h12,14,17-18,22,24H,9-11,15-16,19-20H2,1-8H3;1-2H3. The molecule has 1 atom stereocenters. The van der Waals surface area contributed by atoms with Gasteiger partial charge >= 0.3 is 5.97 Å². The second-order valence-electron chi connectivity index (χ2n) is 12.1. The molecule has 3 nitrogen and oxygen atoms in total. The minimum atomic E-state index is -0.441. The van der Waals surface area contributed by atoms with E-state index in [0.717, 1.165) is 19.3 Å². The van der Waals surface area contributed by atoms with Crippen molar-refractivity contribution in [2.45, 2.75) is 113 Å². The molecule has 1 unspecified atom stereocenters. The van der Waals surface area contributed by atoms with Crippen LogP contribution in [0.1, 0.15) is 108 Å². The van der Waals surface area contributed by atoms with Crippen LogP contribution in [0.25, 0.3) is 0 Å². The highest BCUT2D eigenvalue weighted by atomic mass is 16.6. The van der Waals surface area contributed by atoms with E-state index in [1.54, 1.807) is 6.08 Å². The largest absolute Gasteiger partial charge is 0.481 e. The van der Waals surface area contributed by atoms with E-state index in [9.17, 15) is 4.79 Å². The molecule has 1 fully saturated rings. The Bertz CT molecular complexity index is 740. The van der Waals surface area contributed by atoms with Crippen LogP contribution in [-0.2, 0) is 14.3 Å². The molecular formula is C30H50O3. The smallest absolute Gasteiger partial charge is 0.344 e. The first-order valence-corrected chi connectivity index (χ1v) is 13.0. The van der Waals surface area contributed by atoms with Gasteiger partial charge in [-0.15, -0.1) is 5.73 Å². The number of rotatable bonds is 7. The predicted octanol–water partition coefficient (Wildman–Crippen LogP) is 8.57. The van der Waals surface area contributed by atoms with Gasteiger partial charge in [-0.05, 0) is 73.5 Å². The Morgan fingerprint density at radius 2 is 1.64 bits per heavy atom. The number of ether oxygens (including phenoxy) is 2. The Morgan fingerprint density at radius 3 is 2.18 bits per heavy atom. The lowest BCUT2D eigenvalue weighted by molar-refractivity contribution is -0.166. The average Bonchev–Trinajstić information content (AvgIpc) is 2.96. The van der Waals surface area contributed by atoms with Crippen LogP contribution in [0.2, 0.25) is 0 Å². The molecule has 33 heavy (non-hydrogen) atoms. The summed E-state index contributed by atoms with van der Waals surface area (Å²) in [6.07, 6.45) is 15.0. The molecule has 2 rings (SSSR count). The fourth-order valence-corrected chi connectivity index (χ4v) is 4.71. The molecule has 0 radical (unpaired) electrons. The highest BCUT2D eigenvalue weighted by molar-refractivity contribution is 5.71. The molecule has 188 valence electrons. The van der Waals surface area contributed by atoms with E-state index >= 15 is 0 Å². The number of esters is 1. The van der Waals surface area contributed by atoms with Crippen LogP contribution < -0.4 is 0 Å². The fourth-order valence-electron chi connectivity index (χ4n) is 4.71. The minimum absolute atomic E-state index is 0.0765. The lowest BCUT2D eigenvalue weighted by Gasteiger charge is -2.37. The highest BCUT2D eigenvalue weighted by Gasteiger charge is 2.34. The molecule has 0 aromatic rings. The first kappa shape index (κ1) is 29.3. The maximum atomic E-state index is 12.6. The minimum Gasteiger partial charge on any atom is -0.481 e. The number of carbonyl (C=O) groups is 1. The normalized spacial score (nSPS) is 18.4. The van der Waals surface area contributed by atoms with Gasteiger partial charge in [-0.3, -0.25) is 0 Å². The Labute approximate surface area is 204 Å². The van der Waals surface area contributed by atoms with E-state index in [1.807, 2.05) is 33.8 Å². The highest BCUT2D eigenvalue weighted by Crippen LogP contribution is 2.41. The maximum absolute atomic E-state index is 12.6. The molecule has 0 heterocycles. The lowest BCUT2D eigenvalue weighted by atomic mass is 9.68. The number of allylic oxidation sites excluding steroid dienone is 4. The van der Waals surface area contributed by atoms with Crippen molar-refractivity contribution < 1.29 is 14.3 Å². The molecule has 0 spiro atoms. The summed E-state index contributed by atoms with van der Waals surface area (Å²) in [5.74, 6) is 1.17. The van der Waals surface area contributed by atoms with Gasteiger partial charge in [-0.25, -0.2) is 4.79 Å². The molecular weight excluding hydrogens is 408 g/mol. The zero-order chi connectivity index (χ0) is 25.3. The third-order valence-corrected chi connectivity index (χ3v) is 6.49. The topological polar surface area (TPSA) is 35.5 Å². The summed E-state index contributed by atoms with van der Waals surface area (Å²) in [5, 5.41) is 0. The summed E-state index contributed by atoms with van der Waals surface area (Å²) in [4.78, 5) is 12.6. The average molecular weight is 459 g/mol. The van der Waals surface area contributed by atoms with Crippen molar-refractivity contribution in [3.63, 3.8) is 0 Å². The van der Waals surface area contributed by atoms with E-state index < -0.39 is 5.60 Å². The summed E-state index contributed by atoms with van der Waals surface area (Å²) >= 11 is 0. The number of hydrogen-bond donors (Lipinski definition) is 0. The molecule has 0 bridgehead atoms. The van der Waals surface area contributed by atoms with Gasteiger partial charge in [-0.2, -0.15) is 0 Å². The second-order valence-corrected chi connectivity index (χ2v) is 12.1. The van der Waals surface area contributed by atoms with Crippen molar-refractivity contribution >= 4 is 5.97 Å². The molecule has 1 saturated carbocycles. The third-order valence-electron chi connectivity index (χ3n) is 6.49. The maximum Gasteiger partial charge on any atom is 0.344 e. The van der Waals surface area contributed by atoms with Crippen LogP contribution in [0.3, 0.4) is 0 Å². The van der Waals surface area contributed by atoms with E-state index in [-0.39, 0.29) is 23.4 Å². The third kappa shape index (κ3) is 10.4. The molecule has 2 aliphatic rings. The SMILES string of the molecule is CC.CC(C)(C)CC(C1=CC=C=CC(OCC(=O)OC(C)(C)C2CCCCC2)=C1)C(C)(C)C. The summed E-state index contributed by atoms with van der Waals surface area (Å²) < 4.78 is 11.7. The molecule has 0 amide bonds. The summed E-state index contributed by atoms with van der Waals surface area (Å²) in [5.41, 5.74) is 4.25. The van der Waals surface area contributed by atoms with Gasteiger partial charge in [-0.1, -0.05) is 80.7 Å². The first-order chi connectivity index (χ1) is 15.3. The molecule has 0 N–H and O–H groups in total. The van der Waals surface area contributed by atoms with Crippen molar-refractivity contribution in [1.29, 1.82) is 0 Å². The van der Waals surface area contributed by atoms with Crippen molar-refractivity contribution in [1.82, 2.24) is 0 Å². The quantitative estimate of drug-likeness (QED) is 0.283. The van der Waals surface area contributed by atoms with E-state index in [2.05, 4.69) is 59.4 Å². The van der Waals surface area contributed by atoms with Crippen LogP contribution in [0.5, 0.6) is 0 Å². The van der Waals surface area contributed by atoms with Crippen molar-refractivity contribution in [2.75, 3.05) is 6.61 Å². The van der Waals surface area contributed by atoms with Crippen LogP contribution in [-0.4, -0.2) is 18.2 Å². The lowest BCUT2D eigenvalue weighted by Crippen LogP contribution is -2.38. The van der Waals surface area contributed by atoms with Gasteiger partial charge in [0.1, 0.15) is 11.4 Å². The first-order valence-electron chi connectivity index (χ1n) is 13.0. The van der Waals surface area contributed by atoms with Crippen LogP contribution >= 0.6 is 0 Å². The monoisotopic (exact) mass is 458 g/mol. The van der Waals surface area contributed by atoms with E-state index in [0.29, 0.717) is 17.6 Å². The van der Waals surface area contributed by atoms with E-state index in [4.69, 9.17) is 9.47 Å². The number of carbonyl (C=O) groups excluding carboxylic acids is 1. The zero-order valence-corrected chi connectivity index (χ0v) is 23.1. The molecule has 0 aliphatic heterocycles. The number of hydrogen-bond acceptors (Lipinski definition) is 3. The van der Waals surface area contributed by atoms with Crippen molar-refractivity contribution in [2.24, 2.45) is 22.7 Å². The fraction of sp³-hybridized carbons (Fsp3) is 0.733. The van der Waals surface area contributed by atoms with Crippen LogP contribution in [0.15, 0.2) is 41.4 Å². The van der Waals surface area contributed by atoms with Crippen molar-refractivity contribution in [3.05, 3.63) is 41.4 Å². The van der Waals surface area contributed by atoms with Gasteiger partial charge in [0.15, 0.2) is 6.61 Å².